The van der Waals surface area contributed by atoms with Crippen molar-refractivity contribution in [2.45, 2.75) is 6.54 Å². The first-order chi connectivity index (χ1) is 13.0. The van der Waals surface area contributed by atoms with Crippen molar-refractivity contribution in [2.24, 2.45) is 0 Å². The van der Waals surface area contributed by atoms with Crippen LogP contribution in [-0.4, -0.2) is 22.2 Å². The Balaban J connectivity index is 1.86. The number of nitrogens with one attached hydrogen (secondary N) is 1. The van der Waals surface area contributed by atoms with Crippen LogP contribution in [0.25, 0.3) is 5.69 Å². The summed E-state index contributed by atoms with van der Waals surface area (Å²) < 4.78 is 20.5. The zero-order valence-corrected chi connectivity index (χ0v) is 14.4. The van der Waals surface area contributed by atoms with E-state index in [0.717, 1.165) is 15.2 Å². The van der Waals surface area contributed by atoms with Gasteiger partial charge in [-0.15, -0.1) is 0 Å². The summed E-state index contributed by atoms with van der Waals surface area (Å²) >= 11 is 0. The van der Waals surface area contributed by atoms with Gasteiger partial charge in [0.25, 0.3) is 0 Å². The number of benzene rings is 2. The number of para-hydroxylation sites is 2. The number of methoxy groups -OCH3 is 1. The normalized spacial score (nSPS) is 10.4. The molecular weight excluding hydrogens is 353 g/mol. The summed E-state index contributed by atoms with van der Waals surface area (Å²) in [4.78, 5) is 36.9. The average molecular weight is 369 g/mol. The number of aromatic nitrogens is 2. The number of ether oxygens (including phenoxy) is 1. The number of hydrogen-bond acceptors (Lipinski definition) is 4. The minimum atomic E-state index is -0.863. The number of anilines is 1. The van der Waals surface area contributed by atoms with Crippen LogP contribution < -0.4 is 21.2 Å². The van der Waals surface area contributed by atoms with Gasteiger partial charge in [-0.25, -0.2) is 4.39 Å². The first kappa shape index (κ1) is 18.1. The van der Waals surface area contributed by atoms with E-state index in [1.807, 2.05) is 0 Å². The third-order valence-corrected chi connectivity index (χ3v) is 3.83. The summed E-state index contributed by atoms with van der Waals surface area (Å²) in [6, 6.07) is 12.1. The monoisotopic (exact) mass is 369 g/mol. The molecule has 138 valence electrons. The van der Waals surface area contributed by atoms with E-state index >= 15 is 0 Å². The van der Waals surface area contributed by atoms with E-state index in [1.54, 1.807) is 24.3 Å². The smallest absolute Gasteiger partial charge is 0.321 e. The van der Waals surface area contributed by atoms with Crippen molar-refractivity contribution in [1.29, 1.82) is 0 Å². The molecule has 0 unspecified atom stereocenters. The van der Waals surface area contributed by atoms with Crippen molar-refractivity contribution in [3.8, 4) is 11.4 Å². The molecule has 2 aromatic carbocycles. The molecule has 0 saturated carbocycles. The Kier molecular flexibility index (Phi) is 5.16. The van der Waals surface area contributed by atoms with Gasteiger partial charge in [-0.1, -0.05) is 18.2 Å². The van der Waals surface area contributed by atoms with Gasteiger partial charge in [-0.2, -0.15) is 0 Å². The summed E-state index contributed by atoms with van der Waals surface area (Å²) in [5.74, 6) is -0.623. The molecule has 7 nitrogen and oxygen atoms in total. The van der Waals surface area contributed by atoms with Gasteiger partial charge < -0.3 is 10.1 Å². The number of carbonyl (C=O) groups is 1. The van der Waals surface area contributed by atoms with Gasteiger partial charge in [-0.05, 0) is 30.3 Å². The van der Waals surface area contributed by atoms with Crippen molar-refractivity contribution in [2.75, 3.05) is 12.4 Å². The minimum Gasteiger partial charge on any atom is -0.495 e. The molecule has 0 atom stereocenters. The Bertz CT molecular complexity index is 1100. The molecule has 0 fully saturated rings. The molecule has 8 heteroatoms. The highest BCUT2D eigenvalue weighted by molar-refractivity contribution is 5.90. The zero-order chi connectivity index (χ0) is 19.4. The Morgan fingerprint density at radius 2 is 1.85 bits per heavy atom. The second kappa shape index (κ2) is 7.69. The fourth-order valence-electron chi connectivity index (χ4n) is 2.57. The third-order valence-electron chi connectivity index (χ3n) is 3.83. The number of rotatable bonds is 5. The second-order valence-electron chi connectivity index (χ2n) is 5.64. The van der Waals surface area contributed by atoms with Gasteiger partial charge >= 0.3 is 11.1 Å². The molecule has 0 aliphatic rings. The van der Waals surface area contributed by atoms with E-state index in [2.05, 4.69) is 5.32 Å². The standard InChI is InChI=1S/C19H16FN3O4/c1-27-16-8-3-2-7-15(16)23-10-9-22(18(25)19(23)26)12-17(24)21-14-6-4-5-13(20)11-14/h2-11H,12H2,1H3,(H,21,24). The van der Waals surface area contributed by atoms with E-state index in [0.29, 0.717) is 11.4 Å². The molecule has 1 amide bonds. The molecule has 0 aliphatic carbocycles. The molecule has 0 saturated heterocycles. The van der Waals surface area contributed by atoms with E-state index in [4.69, 9.17) is 4.74 Å². The van der Waals surface area contributed by atoms with Crippen LogP contribution in [0.2, 0.25) is 0 Å². The van der Waals surface area contributed by atoms with Crippen LogP contribution in [0.1, 0.15) is 0 Å². The van der Waals surface area contributed by atoms with Crippen LogP contribution in [0.5, 0.6) is 5.75 Å². The van der Waals surface area contributed by atoms with Crippen LogP contribution in [0.4, 0.5) is 10.1 Å². The molecule has 3 aromatic rings. The van der Waals surface area contributed by atoms with Crippen molar-refractivity contribution in [3.05, 3.63) is 87.4 Å². The summed E-state index contributed by atoms with van der Waals surface area (Å²) in [6.45, 7) is -0.378. The lowest BCUT2D eigenvalue weighted by molar-refractivity contribution is -0.116. The zero-order valence-electron chi connectivity index (χ0n) is 14.4. The molecule has 27 heavy (non-hydrogen) atoms. The van der Waals surface area contributed by atoms with Crippen molar-refractivity contribution in [1.82, 2.24) is 9.13 Å². The molecule has 0 aliphatic heterocycles. The lowest BCUT2D eigenvalue weighted by atomic mass is 10.3. The van der Waals surface area contributed by atoms with Gasteiger partial charge in [0.05, 0.1) is 12.8 Å². The first-order valence-corrected chi connectivity index (χ1v) is 8.00. The van der Waals surface area contributed by atoms with Crippen LogP contribution in [-0.2, 0) is 11.3 Å². The fourth-order valence-corrected chi connectivity index (χ4v) is 2.57. The van der Waals surface area contributed by atoms with Crippen LogP contribution in [0.3, 0.4) is 0 Å². The topological polar surface area (TPSA) is 82.3 Å². The molecule has 0 spiro atoms. The lowest BCUT2D eigenvalue weighted by Gasteiger charge is -2.12. The largest absolute Gasteiger partial charge is 0.495 e. The molecule has 3 rings (SSSR count). The first-order valence-electron chi connectivity index (χ1n) is 8.00. The SMILES string of the molecule is COc1ccccc1-n1ccn(CC(=O)Nc2cccc(F)c2)c(=O)c1=O. The van der Waals surface area contributed by atoms with Gasteiger partial charge in [0.15, 0.2) is 0 Å². The molecule has 0 bridgehead atoms. The number of halogens is 1. The maximum Gasteiger partial charge on any atom is 0.321 e. The summed E-state index contributed by atoms with van der Waals surface area (Å²) in [5.41, 5.74) is -1.01. The van der Waals surface area contributed by atoms with Gasteiger partial charge in [0, 0.05) is 18.1 Å². The van der Waals surface area contributed by atoms with Crippen molar-refractivity contribution < 1.29 is 13.9 Å². The lowest BCUT2D eigenvalue weighted by Crippen LogP contribution is -2.41. The van der Waals surface area contributed by atoms with E-state index in [1.165, 1.54) is 37.7 Å². The van der Waals surface area contributed by atoms with E-state index < -0.39 is 22.8 Å². The number of carbonyl (C=O) groups excluding carboxylic acids is 1. The number of hydrogen-bond donors (Lipinski definition) is 1. The van der Waals surface area contributed by atoms with Crippen molar-refractivity contribution >= 4 is 11.6 Å². The van der Waals surface area contributed by atoms with Crippen molar-refractivity contribution in [3.63, 3.8) is 0 Å². The maximum atomic E-state index is 13.2. The van der Waals surface area contributed by atoms with E-state index in [9.17, 15) is 18.8 Å². The van der Waals surface area contributed by atoms with Gasteiger partial charge in [-0.3, -0.25) is 23.5 Å². The second-order valence-corrected chi connectivity index (χ2v) is 5.64. The van der Waals surface area contributed by atoms with Gasteiger partial charge in [0.1, 0.15) is 18.1 Å². The quantitative estimate of drug-likeness (QED) is 0.695. The predicted octanol–water partition coefficient (Wildman–Crippen LogP) is 1.79. The van der Waals surface area contributed by atoms with Crippen LogP contribution in [0.15, 0.2) is 70.5 Å². The maximum absolute atomic E-state index is 13.2. The van der Waals surface area contributed by atoms with E-state index in [-0.39, 0.29) is 12.2 Å². The Hall–Kier alpha value is -3.68. The van der Waals surface area contributed by atoms with Gasteiger partial charge in [0.2, 0.25) is 5.91 Å². The minimum absolute atomic E-state index is 0.260. The van der Waals surface area contributed by atoms with Crippen LogP contribution >= 0.6 is 0 Å². The fraction of sp³-hybridized carbons (Fsp3) is 0.105. The highest BCUT2D eigenvalue weighted by Gasteiger charge is 2.12. The molecule has 1 aromatic heterocycles. The summed E-state index contributed by atoms with van der Waals surface area (Å²) in [5, 5.41) is 2.47. The predicted molar refractivity (Wildman–Crippen MR) is 97.9 cm³/mol. The summed E-state index contributed by atoms with van der Waals surface area (Å²) in [7, 11) is 1.46. The Morgan fingerprint density at radius 1 is 1.07 bits per heavy atom. The Labute approximate surface area is 153 Å². The summed E-state index contributed by atoms with van der Waals surface area (Å²) in [6.07, 6.45) is 2.72. The average Bonchev–Trinajstić information content (AvgIpc) is 2.66. The molecule has 1 N–H and O–H groups in total. The van der Waals surface area contributed by atoms with Crippen LogP contribution in [0, 0.1) is 5.82 Å². The molecule has 1 heterocycles. The molecule has 0 radical (unpaired) electrons. The highest BCUT2D eigenvalue weighted by Crippen LogP contribution is 2.19. The molecular formula is C19H16FN3O4. The third kappa shape index (κ3) is 3.95. The highest BCUT2D eigenvalue weighted by atomic mass is 19.1. The number of amides is 1. The Morgan fingerprint density at radius 3 is 2.59 bits per heavy atom. The number of nitrogens with zero attached hydrogens (tertiary/aromatic N) is 2.